The molecule has 0 spiro atoms. The van der Waals surface area contributed by atoms with Crippen molar-refractivity contribution >= 4 is 39.3 Å². The van der Waals surface area contributed by atoms with Gasteiger partial charge in [-0.3, -0.25) is 9.36 Å². The summed E-state index contributed by atoms with van der Waals surface area (Å²) in [6.45, 7) is 3.89. The minimum absolute atomic E-state index is 0.143. The van der Waals surface area contributed by atoms with E-state index in [4.69, 9.17) is 4.74 Å². The number of rotatable bonds is 8. The second kappa shape index (κ2) is 11.3. The highest BCUT2D eigenvalue weighted by molar-refractivity contribution is 9.10. The van der Waals surface area contributed by atoms with Gasteiger partial charge in [-0.25, -0.2) is 5.43 Å². The lowest BCUT2D eigenvalue weighted by atomic mass is 10.1. The third kappa shape index (κ3) is 6.17. The lowest BCUT2D eigenvalue weighted by molar-refractivity contribution is -0.118. The van der Waals surface area contributed by atoms with E-state index in [1.165, 1.54) is 11.8 Å². The summed E-state index contributed by atoms with van der Waals surface area (Å²) in [6, 6.07) is 23.5. The molecule has 4 aromatic rings. The van der Waals surface area contributed by atoms with Crippen LogP contribution in [-0.4, -0.2) is 39.2 Å². The normalized spacial score (nSPS) is 11.4. The molecule has 0 fully saturated rings. The minimum Gasteiger partial charge on any atom is -0.497 e. The number of amides is 1. The Bertz CT molecular complexity index is 1330. The SMILES string of the molecule is COc1ccc(-c2nnc(SCC(=O)NN=C(C)c3ccc(Br)cc3)n2-c2ccc(C)cc2)cc1. The molecule has 0 bridgehead atoms. The van der Waals surface area contributed by atoms with E-state index in [9.17, 15) is 4.79 Å². The maximum absolute atomic E-state index is 12.5. The van der Waals surface area contributed by atoms with Gasteiger partial charge in [-0.1, -0.05) is 57.5 Å². The van der Waals surface area contributed by atoms with Crippen LogP contribution in [0.5, 0.6) is 5.75 Å². The van der Waals surface area contributed by atoms with Crippen molar-refractivity contribution in [2.45, 2.75) is 19.0 Å². The molecule has 4 rings (SSSR count). The Balaban J connectivity index is 1.53. The van der Waals surface area contributed by atoms with Crippen LogP contribution in [0.15, 0.2) is 87.5 Å². The second-order valence-corrected chi connectivity index (χ2v) is 9.59. The molecular formula is C26H24BrN5O2S. The summed E-state index contributed by atoms with van der Waals surface area (Å²) in [7, 11) is 1.63. The van der Waals surface area contributed by atoms with Crippen LogP contribution in [0.3, 0.4) is 0 Å². The number of carbonyl (C=O) groups excluding carboxylic acids is 1. The number of ether oxygens (including phenoxy) is 1. The molecular weight excluding hydrogens is 526 g/mol. The van der Waals surface area contributed by atoms with Crippen molar-refractivity contribution in [3.63, 3.8) is 0 Å². The van der Waals surface area contributed by atoms with Gasteiger partial charge in [-0.15, -0.1) is 10.2 Å². The van der Waals surface area contributed by atoms with Crippen molar-refractivity contribution in [2.24, 2.45) is 5.10 Å². The Hall–Kier alpha value is -3.43. The summed E-state index contributed by atoms with van der Waals surface area (Å²) >= 11 is 4.72. The Morgan fingerprint density at radius 3 is 2.37 bits per heavy atom. The number of halogens is 1. The quantitative estimate of drug-likeness (QED) is 0.174. The number of benzene rings is 3. The van der Waals surface area contributed by atoms with Crippen molar-refractivity contribution in [1.29, 1.82) is 0 Å². The molecule has 1 heterocycles. The molecule has 0 saturated carbocycles. The van der Waals surface area contributed by atoms with Crippen molar-refractivity contribution < 1.29 is 9.53 Å². The van der Waals surface area contributed by atoms with E-state index in [1.54, 1.807) is 7.11 Å². The van der Waals surface area contributed by atoms with Gasteiger partial charge in [0.2, 0.25) is 0 Å². The molecule has 1 N–H and O–H groups in total. The van der Waals surface area contributed by atoms with Crippen LogP contribution < -0.4 is 10.2 Å². The van der Waals surface area contributed by atoms with E-state index >= 15 is 0 Å². The van der Waals surface area contributed by atoms with Crippen molar-refractivity contribution in [3.05, 3.63) is 88.4 Å². The molecule has 0 atom stereocenters. The van der Waals surface area contributed by atoms with Crippen LogP contribution >= 0.6 is 27.7 Å². The molecule has 0 aliphatic heterocycles. The average molecular weight is 550 g/mol. The highest BCUT2D eigenvalue weighted by Gasteiger charge is 2.17. The number of hydrogen-bond acceptors (Lipinski definition) is 6. The maximum atomic E-state index is 12.5. The average Bonchev–Trinajstić information content (AvgIpc) is 3.31. The first kappa shape index (κ1) is 24.7. The molecule has 9 heteroatoms. The van der Waals surface area contributed by atoms with Crippen LogP contribution in [0.2, 0.25) is 0 Å². The van der Waals surface area contributed by atoms with Gasteiger partial charge < -0.3 is 4.74 Å². The first-order chi connectivity index (χ1) is 16.9. The molecule has 0 aliphatic rings. The first-order valence-electron chi connectivity index (χ1n) is 10.8. The number of aryl methyl sites for hydroxylation is 1. The highest BCUT2D eigenvalue weighted by atomic mass is 79.9. The first-order valence-corrected chi connectivity index (χ1v) is 12.6. The smallest absolute Gasteiger partial charge is 0.250 e. The highest BCUT2D eigenvalue weighted by Crippen LogP contribution is 2.29. The molecule has 0 radical (unpaired) electrons. The molecule has 0 saturated heterocycles. The number of methoxy groups -OCH3 is 1. The van der Waals surface area contributed by atoms with Gasteiger partial charge in [-0.05, 0) is 67.9 Å². The topological polar surface area (TPSA) is 81.4 Å². The molecule has 0 unspecified atom stereocenters. The van der Waals surface area contributed by atoms with Crippen LogP contribution in [0.25, 0.3) is 17.1 Å². The van der Waals surface area contributed by atoms with E-state index in [0.29, 0.717) is 11.0 Å². The Morgan fingerprint density at radius 2 is 1.71 bits per heavy atom. The third-order valence-electron chi connectivity index (χ3n) is 5.22. The van der Waals surface area contributed by atoms with Gasteiger partial charge in [0.1, 0.15) is 5.75 Å². The van der Waals surface area contributed by atoms with Gasteiger partial charge in [0.05, 0.1) is 18.6 Å². The number of nitrogens with one attached hydrogen (secondary N) is 1. The van der Waals surface area contributed by atoms with E-state index < -0.39 is 0 Å². The zero-order valence-corrected chi connectivity index (χ0v) is 21.9. The standard InChI is InChI=1S/C26H24BrN5O2S/c1-17-4-12-22(13-5-17)32-25(20-8-14-23(34-3)15-9-20)30-31-26(32)35-16-24(33)29-28-18(2)19-6-10-21(27)11-7-19/h4-15H,16H2,1-3H3,(H,29,33). The Labute approximate surface area is 216 Å². The van der Waals surface area contributed by atoms with Gasteiger partial charge in [-0.2, -0.15) is 5.10 Å². The summed E-state index contributed by atoms with van der Waals surface area (Å²) < 4.78 is 8.21. The second-order valence-electron chi connectivity index (χ2n) is 7.73. The third-order valence-corrected chi connectivity index (χ3v) is 6.67. The Morgan fingerprint density at radius 1 is 1.03 bits per heavy atom. The zero-order chi connectivity index (χ0) is 24.8. The maximum Gasteiger partial charge on any atom is 0.250 e. The van der Waals surface area contributed by atoms with Crippen molar-refractivity contribution in [1.82, 2.24) is 20.2 Å². The van der Waals surface area contributed by atoms with E-state index in [2.05, 4.69) is 36.7 Å². The monoisotopic (exact) mass is 549 g/mol. The molecule has 0 aliphatic carbocycles. The lowest BCUT2D eigenvalue weighted by Gasteiger charge is -2.11. The summed E-state index contributed by atoms with van der Waals surface area (Å²) in [5.41, 5.74) is 7.25. The summed E-state index contributed by atoms with van der Waals surface area (Å²) in [4.78, 5) is 12.5. The number of thioether (sulfide) groups is 1. The summed E-state index contributed by atoms with van der Waals surface area (Å²) in [5.74, 6) is 1.36. The molecule has 178 valence electrons. The summed E-state index contributed by atoms with van der Waals surface area (Å²) in [5, 5.41) is 13.7. The van der Waals surface area contributed by atoms with Gasteiger partial charge in [0.15, 0.2) is 11.0 Å². The van der Waals surface area contributed by atoms with Gasteiger partial charge >= 0.3 is 0 Å². The van der Waals surface area contributed by atoms with Crippen LogP contribution in [0.1, 0.15) is 18.1 Å². The number of hydrazone groups is 1. The Kier molecular flexibility index (Phi) is 7.99. The summed E-state index contributed by atoms with van der Waals surface area (Å²) in [6.07, 6.45) is 0. The number of nitrogens with zero attached hydrogens (tertiary/aromatic N) is 4. The largest absolute Gasteiger partial charge is 0.497 e. The van der Waals surface area contributed by atoms with Crippen LogP contribution in [-0.2, 0) is 4.79 Å². The van der Waals surface area contributed by atoms with Gasteiger partial charge in [0.25, 0.3) is 5.91 Å². The van der Waals surface area contributed by atoms with Crippen molar-refractivity contribution in [2.75, 3.05) is 12.9 Å². The zero-order valence-electron chi connectivity index (χ0n) is 19.5. The molecule has 3 aromatic carbocycles. The van der Waals surface area contributed by atoms with Crippen LogP contribution in [0, 0.1) is 6.92 Å². The minimum atomic E-state index is -0.226. The lowest BCUT2D eigenvalue weighted by Crippen LogP contribution is -2.21. The number of carbonyl (C=O) groups is 1. The molecule has 1 amide bonds. The molecule has 35 heavy (non-hydrogen) atoms. The molecule has 7 nitrogen and oxygen atoms in total. The molecule has 1 aromatic heterocycles. The fraction of sp³-hybridized carbons (Fsp3) is 0.154. The van der Waals surface area contributed by atoms with E-state index in [0.717, 1.165) is 38.3 Å². The van der Waals surface area contributed by atoms with E-state index in [-0.39, 0.29) is 11.7 Å². The fourth-order valence-electron chi connectivity index (χ4n) is 3.28. The number of aromatic nitrogens is 3. The van der Waals surface area contributed by atoms with Crippen LogP contribution in [0.4, 0.5) is 0 Å². The van der Waals surface area contributed by atoms with E-state index in [1.807, 2.05) is 91.2 Å². The number of hydrogen-bond donors (Lipinski definition) is 1. The van der Waals surface area contributed by atoms with Crippen molar-refractivity contribution in [3.8, 4) is 22.8 Å². The predicted octanol–water partition coefficient (Wildman–Crippen LogP) is 5.65. The predicted molar refractivity (Wildman–Crippen MR) is 143 cm³/mol. The van der Waals surface area contributed by atoms with Gasteiger partial charge in [0, 0.05) is 15.7 Å². The fourth-order valence-corrected chi connectivity index (χ4v) is 4.29.